The van der Waals surface area contributed by atoms with Crippen LogP contribution in [0, 0.1) is 0 Å². The summed E-state index contributed by atoms with van der Waals surface area (Å²) in [4.78, 5) is 14.2. The van der Waals surface area contributed by atoms with Crippen molar-refractivity contribution in [2.24, 2.45) is 0 Å². The molecule has 2 aliphatic rings. The zero-order valence-electron chi connectivity index (χ0n) is 14.7. The molecule has 0 bridgehead atoms. The van der Waals surface area contributed by atoms with E-state index >= 15 is 0 Å². The van der Waals surface area contributed by atoms with E-state index < -0.39 is 0 Å². The highest BCUT2D eigenvalue weighted by atomic mass is 16.5. The number of piperazine rings is 1. The van der Waals surface area contributed by atoms with Crippen LogP contribution in [0.1, 0.15) is 5.56 Å². The molecule has 0 unspecified atom stereocenters. The van der Waals surface area contributed by atoms with Gasteiger partial charge in [0, 0.05) is 57.3 Å². The number of rotatable bonds is 4. The smallest absolute Gasteiger partial charge is 0.215 e. The molecule has 134 valence electrons. The third-order valence-corrected chi connectivity index (χ3v) is 4.87. The van der Waals surface area contributed by atoms with Gasteiger partial charge in [0.05, 0.1) is 20.3 Å². The van der Waals surface area contributed by atoms with Crippen molar-refractivity contribution in [2.45, 2.75) is 6.54 Å². The van der Waals surface area contributed by atoms with Gasteiger partial charge >= 0.3 is 0 Å². The Morgan fingerprint density at radius 1 is 1.12 bits per heavy atom. The second-order valence-corrected chi connectivity index (χ2v) is 6.49. The fraction of sp³-hybridized carbons (Fsp3) is 0.556. The maximum Gasteiger partial charge on any atom is 0.215 e. The standard InChI is InChI=1S/C18H25N5O2/c1-24-17-3-2-15-14(13-22-8-10-25-11-9-22)12-16(20-18(15)21-17)23-6-4-19-5-7-23/h2-3,12,19H,4-11,13H2,1H3. The van der Waals surface area contributed by atoms with Crippen LogP contribution in [0.25, 0.3) is 11.0 Å². The van der Waals surface area contributed by atoms with Crippen LogP contribution in [0.5, 0.6) is 5.88 Å². The quantitative estimate of drug-likeness (QED) is 0.884. The van der Waals surface area contributed by atoms with Gasteiger partial charge in [0.15, 0.2) is 5.65 Å². The molecule has 7 nitrogen and oxygen atoms in total. The fourth-order valence-corrected chi connectivity index (χ4v) is 3.44. The summed E-state index contributed by atoms with van der Waals surface area (Å²) < 4.78 is 10.8. The number of morpholine rings is 1. The number of anilines is 1. The third kappa shape index (κ3) is 3.68. The van der Waals surface area contributed by atoms with E-state index in [0.29, 0.717) is 5.88 Å². The van der Waals surface area contributed by atoms with E-state index in [0.717, 1.165) is 75.9 Å². The molecule has 2 aliphatic heterocycles. The largest absolute Gasteiger partial charge is 0.481 e. The number of aromatic nitrogens is 2. The van der Waals surface area contributed by atoms with Crippen LogP contribution in [0.15, 0.2) is 18.2 Å². The molecule has 2 fully saturated rings. The Bertz CT molecular complexity index is 727. The van der Waals surface area contributed by atoms with Crippen LogP contribution in [0.4, 0.5) is 5.82 Å². The van der Waals surface area contributed by atoms with Gasteiger partial charge < -0.3 is 19.7 Å². The van der Waals surface area contributed by atoms with Crippen LogP contribution < -0.4 is 15.0 Å². The Balaban J connectivity index is 1.71. The third-order valence-electron chi connectivity index (χ3n) is 4.87. The molecule has 2 aromatic rings. The summed E-state index contributed by atoms with van der Waals surface area (Å²) in [6, 6.07) is 6.22. The number of methoxy groups -OCH3 is 1. The lowest BCUT2D eigenvalue weighted by Crippen LogP contribution is -2.44. The minimum atomic E-state index is 0.606. The zero-order valence-corrected chi connectivity index (χ0v) is 14.7. The highest BCUT2D eigenvalue weighted by molar-refractivity contribution is 5.81. The van der Waals surface area contributed by atoms with Crippen molar-refractivity contribution in [3.63, 3.8) is 0 Å². The maximum absolute atomic E-state index is 5.48. The molecular weight excluding hydrogens is 318 g/mol. The molecule has 1 N–H and O–H groups in total. The van der Waals surface area contributed by atoms with Crippen LogP contribution in [0.3, 0.4) is 0 Å². The molecule has 0 aliphatic carbocycles. The summed E-state index contributed by atoms with van der Waals surface area (Å²) in [5, 5.41) is 4.50. The number of pyridine rings is 2. The average molecular weight is 343 g/mol. The molecular formula is C18H25N5O2. The first-order chi connectivity index (χ1) is 12.3. The Hall–Kier alpha value is -1.96. The SMILES string of the molecule is COc1ccc2c(CN3CCOCC3)cc(N3CCNCC3)nc2n1. The molecule has 2 aromatic heterocycles. The van der Waals surface area contributed by atoms with Gasteiger partial charge in [-0.1, -0.05) is 0 Å². The summed E-state index contributed by atoms with van der Waals surface area (Å²) in [5.41, 5.74) is 2.04. The zero-order chi connectivity index (χ0) is 17.1. The first-order valence-electron chi connectivity index (χ1n) is 8.94. The van der Waals surface area contributed by atoms with Gasteiger partial charge in [-0.2, -0.15) is 4.98 Å². The van der Waals surface area contributed by atoms with Gasteiger partial charge in [-0.25, -0.2) is 4.98 Å². The molecule has 2 saturated heterocycles. The van der Waals surface area contributed by atoms with Crippen molar-refractivity contribution < 1.29 is 9.47 Å². The average Bonchev–Trinajstić information content (AvgIpc) is 2.69. The van der Waals surface area contributed by atoms with E-state index in [1.807, 2.05) is 6.07 Å². The lowest BCUT2D eigenvalue weighted by atomic mass is 10.1. The summed E-state index contributed by atoms with van der Waals surface area (Å²) in [6.07, 6.45) is 0. The normalized spacial score (nSPS) is 19.3. The van der Waals surface area contributed by atoms with Crippen molar-refractivity contribution in [1.29, 1.82) is 0 Å². The molecule has 25 heavy (non-hydrogen) atoms. The molecule has 4 heterocycles. The van der Waals surface area contributed by atoms with Gasteiger partial charge in [-0.05, 0) is 17.7 Å². The minimum Gasteiger partial charge on any atom is -0.481 e. The minimum absolute atomic E-state index is 0.606. The van der Waals surface area contributed by atoms with Crippen LogP contribution >= 0.6 is 0 Å². The van der Waals surface area contributed by atoms with Gasteiger partial charge in [-0.3, -0.25) is 4.90 Å². The molecule has 0 saturated carbocycles. The summed E-state index contributed by atoms with van der Waals surface area (Å²) in [5.74, 6) is 1.62. The van der Waals surface area contributed by atoms with Crippen molar-refractivity contribution in [3.05, 3.63) is 23.8 Å². The maximum atomic E-state index is 5.48. The first kappa shape index (κ1) is 16.5. The van der Waals surface area contributed by atoms with Gasteiger partial charge in [0.1, 0.15) is 5.82 Å². The predicted molar refractivity (Wildman–Crippen MR) is 97.3 cm³/mol. The van der Waals surface area contributed by atoms with E-state index in [1.165, 1.54) is 5.56 Å². The molecule has 7 heteroatoms. The number of hydrogen-bond donors (Lipinski definition) is 1. The number of nitrogens with zero attached hydrogens (tertiary/aromatic N) is 4. The Labute approximate surface area is 147 Å². The number of nitrogens with one attached hydrogen (secondary N) is 1. The molecule has 0 atom stereocenters. The van der Waals surface area contributed by atoms with E-state index in [2.05, 4.69) is 32.2 Å². The number of hydrogen-bond acceptors (Lipinski definition) is 7. The summed E-state index contributed by atoms with van der Waals surface area (Å²) >= 11 is 0. The molecule has 0 aromatic carbocycles. The first-order valence-corrected chi connectivity index (χ1v) is 8.94. The van der Waals surface area contributed by atoms with Crippen LogP contribution in [-0.2, 0) is 11.3 Å². The Morgan fingerprint density at radius 2 is 1.92 bits per heavy atom. The summed E-state index contributed by atoms with van der Waals surface area (Å²) in [6.45, 7) is 8.37. The highest BCUT2D eigenvalue weighted by Gasteiger charge is 2.18. The number of ether oxygens (including phenoxy) is 2. The lowest BCUT2D eigenvalue weighted by Gasteiger charge is -2.30. The van der Waals surface area contributed by atoms with E-state index in [-0.39, 0.29) is 0 Å². The second-order valence-electron chi connectivity index (χ2n) is 6.49. The molecule has 0 radical (unpaired) electrons. The van der Waals surface area contributed by atoms with Crippen molar-refractivity contribution >= 4 is 16.9 Å². The van der Waals surface area contributed by atoms with Gasteiger partial charge in [0.2, 0.25) is 5.88 Å². The van der Waals surface area contributed by atoms with Gasteiger partial charge in [-0.15, -0.1) is 0 Å². The topological polar surface area (TPSA) is 62.8 Å². The number of fused-ring (bicyclic) bond motifs is 1. The fourth-order valence-electron chi connectivity index (χ4n) is 3.44. The second kappa shape index (κ2) is 7.51. The predicted octanol–water partition coefficient (Wildman–Crippen LogP) is 0.880. The van der Waals surface area contributed by atoms with Crippen molar-refractivity contribution in [2.75, 3.05) is 64.5 Å². The van der Waals surface area contributed by atoms with Crippen molar-refractivity contribution in [3.8, 4) is 5.88 Å². The van der Waals surface area contributed by atoms with Crippen LogP contribution in [-0.4, -0.2) is 74.5 Å². The van der Waals surface area contributed by atoms with E-state index in [1.54, 1.807) is 7.11 Å². The van der Waals surface area contributed by atoms with E-state index in [4.69, 9.17) is 14.5 Å². The molecule has 0 amide bonds. The van der Waals surface area contributed by atoms with Gasteiger partial charge in [0.25, 0.3) is 0 Å². The lowest BCUT2D eigenvalue weighted by molar-refractivity contribution is 0.0343. The van der Waals surface area contributed by atoms with E-state index in [9.17, 15) is 0 Å². The van der Waals surface area contributed by atoms with Crippen molar-refractivity contribution in [1.82, 2.24) is 20.2 Å². The Kier molecular flexibility index (Phi) is 4.96. The highest BCUT2D eigenvalue weighted by Crippen LogP contribution is 2.25. The molecule has 4 rings (SSSR count). The monoisotopic (exact) mass is 343 g/mol. The van der Waals surface area contributed by atoms with Crippen LogP contribution in [0.2, 0.25) is 0 Å². The summed E-state index contributed by atoms with van der Waals surface area (Å²) in [7, 11) is 1.64. The Morgan fingerprint density at radius 3 is 2.68 bits per heavy atom. The molecule has 0 spiro atoms.